The molecule has 0 unspecified atom stereocenters. The lowest BCUT2D eigenvalue weighted by molar-refractivity contribution is 0.0992. The van der Waals surface area contributed by atoms with Crippen molar-refractivity contribution in [2.75, 3.05) is 50.7 Å². The van der Waals surface area contributed by atoms with E-state index < -0.39 is 0 Å². The summed E-state index contributed by atoms with van der Waals surface area (Å²) in [5.41, 5.74) is 0. The third-order valence-corrected chi connectivity index (χ3v) is 1.83. The van der Waals surface area contributed by atoms with Crippen molar-refractivity contribution in [3.8, 4) is 0 Å². The van der Waals surface area contributed by atoms with Gasteiger partial charge in [0.25, 0.3) is 0 Å². The third kappa shape index (κ3) is 4.41. The lowest BCUT2D eigenvalue weighted by Crippen LogP contribution is -2.15. The molecule has 6 nitrogen and oxygen atoms in total. The monoisotopic (exact) mass is 226 g/mol. The molecule has 1 aromatic heterocycles. The number of nitrogens with zero attached hydrogens (tertiary/aromatic N) is 3. The van der Waals surface area contributed by atoms with Gasteiger partial charge in [-0.15, -0.1) is 0 Å². The topological polar surface area (TPSA) is 70.5 Å². The Morgan fingerprint density at radius 3 is 2.94 bits per heavy atom. The summed E-state index contributed by atoms with van der Waals surface area (Å²) >= 11 is 0. The summed E-state index contributed by atoms with van der Waals surface area (Å²) in [5, 5.41) is 11.6. The number of hydrogen-bond donors (Lipinski definition) is 2. The molecule has 0 bridgehead atoms. The van der Waals surface area contributed by atoms with Gasteiger partial charge in [0.15, 0.2) is 0 Å². The van der Waals surface area contributed by atoms with Crippen LogP contribution in [0, 0.1) is 0 Å². The highest BCUT2D eigenvalue weighted by molar-refractivity contribution is 5.40. The Morgan fingerprint density at radius 1 is 1.44 bits per heavy atom. The number of rotatable bonds is 7. The lowest BCUT2D eigenvalue weighted by atomic mass is 10.5. The minimum absolute atomic E-state index is 0.0539. The van der Waals surface area contributed by atoms with E-state index in [0.717, 1.165) is 5.82 Å². The van der Waals surface area contributed by atoms with Crippen molar-refractivity contribution in [3.05, 3.63) is 12.3 Å². The van der Waals surface area contributed by atoms with Crippen LogP contribution in [0.25, 0.3) is 0 Å². The predicted octanol–water partition coefficient (Wildman–Crippen LogP) is -0.0366. The van der Waals surface area contributed by atoms with Crippen molar-refractivity contribution in [2.24, 2.45) is 0 Å². The first kappa shape index (κ1) is 12.7. The quantitative estimate of drug-likeness (QED) is 0.636. The van der Waals surface area contributed by atoms with Crippen LogP contribution in [0.1, 0.15) is 0 Å². The van der Waals surface area contributed by atoms with Crippen molar-refractivity contribution in [2.45, 2.75) is 0 Å². The molecule has 0 amide bonds. The fourth-order valence-corrected chi connectivity index (χ4v) is 1.08. The lowest BCUT2D eigenvalue weighted by Gasteiger charge is -2.11. The van der Waals surface area contributed by atoms with Gasteiger partial charge in [0.2, 0.25) is 5.95 Å². The van der Waals surface area contributed by atoms with Gasteiger partial charge < -0.3 is 20.1 Å². The van der Waals surface area contributed by atoms with E-state index in [-0.39, 0.29) is 6.61 Å². The number of ether oxygens (including phenoxy) is 1. The Kier molecular flexibility index (Phi) is 5.52. The molecular weight excluding hydrogens is 208 g/mol. The van der Waals surface area contributed by atoms with E-state index in [0.29, 0.717) is 25.7 Å². The molecule has 0 aliphatic heterocycles. The highest BCUT2D eigenvalue weighted by atomic mass is 16.5. The molecular formula is C10H18N4O2. The standard InChI is InChI=1S/C10H18N4O2/c1-14(2)10-12-4-3-9(13-10)11-5-7-16-8-6-15/h3-4,15H,5-8H2,1-2H3,(H,11,12,13). The molecule has 0 radical (unpaired) electrons. The van der Waals surface area contributed by atoms with Crippen LogP contribution >= 0.6 is 0 Å². The van der Waals surface area contributed by atoms with Crippen molar-refractivity contribution < 1.29 is 9.84 Å². The first-order valence-corrected chi connectivity index (χ1v) is 5.17. The third-order valence-electron chi connectivity index (χ3n) is 1.83. The largest absolute Gasteiger partial charge is 0.394 e. The summed E-state index contributed by atoms with van der Waals surface area (Å²) in [7, 11) is 3.78. The van der Waals surface area contributed by atoms with Gasteiger partial charge in [-0.05, 0) is 6.07 Å². The molecule has 0 spiro atoms. The number of aromatic nitrogens is 2. The zero-order chi connectivity index (χ0) is 11.8. The second kappa shape index (κ2) is 6.97. The van der Waals surface area contributed by atoms with E-state index in [1.54, 1.807) is 12.3 Å². The maximum atomic E-state index is 8.51. The Morgan fingerprint density at radius 2 is 2.25 bits per heavy atom. The average molecular weight is 226 g/mol. The molecule has 0 atom stereocenters. The summed E-state index contributed by atoms with van der Waals surface area (Å²) in [6.45, 7) is 1.62. The van der Waals surface area contributed by atoms with Gasteiger partial charge in [-0.2, -0.15) is 4.98 Å². The highest BCUT2D eigenvalue weighted by Crippen LogP contribution is 2.06. The number of nitrogens with one attached hydrogen (secondary N) is 1. The Bertz CT molecular complexity index is 307. The molecule has 0 fully saturated rings. The molecule has 0 saturated carbocycles. The fourth-order valence-electron chi connectivity index (χ4n) is 1.08. The van der Waals surface area contributed by atoms with Crippen molar-refractivity contribution in [3.63, 3.8) is 0 Å². The molecule has 0 aliphatic rings. The van der Waals surface area contributed by atoms with Gasteiger partial charge in [0, 0.05) is 26.8 Å². The molecule has 0 saturated heterocycles. The van der Waals surface area contributed by atoms with Gasteiger partial charge in [-0.25, -0.2) is 4.98 Å². The molecule has 0 aromatic carbocycles. The van der Waals surface area contributed by atoms with Crippen molar-refractivity contribution >= 4 is 11.8 Å². The van der Waals surface area contributed by atoms with E-state index in [2.05, 4.69) is 15.3 Å². The highest BCUT2D eigenvalue weighted by Gasteiger charge is 1.99. The maximum absolute atomic E-state index is 8.51. The minimum atomic E-state index is 0.0539. The second-order valence-corrected chi connectivity index (χ2v) is 3.40. The number of hydrogen-bond acceptors (Lipinski definition) is 6. The van der Waals surface area contributed by atoms with E-state index >= 15 is 0 Å². The summed E-state index contributed by atoms with van der Waals surface area (Å²) in [6, 6.07) is 1.80. The molecule has 1 rings (SSSR count). The summed E-state index contributed by atoms with van der Waals surface area (Å²) in [6.07, 6.45) is 1.71. The predicted molar refractivity (Wildman–Crippen MR) is 62.8 cm³/mol. The van der Waals surface area contributed by atoms with E-state index in [1.807, 2.05) is 19.0 Å². The molecule has 1 aromatic rings. The Labute approximate surface area is 95.3 Å². The fraction of sp³-hybridized carbons (Fsp3) is 0.600. The van der Waals surface area contributed by atoms with Gasteiger partial charge in [-0.3, -0.25) is 0 Å². The van der Waals surface area contributed by atoms with Gasteiger partial charge in [0.05, 0.1) is 19.8 Å². The first-order valence-electron chi connectivity index (χ1n) is 5.17. The maximum Gasteiger partial charge on any atom is 0.226 e. The van der Waals surface area contributed by atoms with E-state index in [9.17, 15) is 0 Å². The van der Waals surface area contributed by atoms with Crippen LogP contribution in [-0.2, 0) is 4.74 Å². The molecule has 90 valence electrons. The van der Waals surface area contributed by atoms with Crippen LogP contribution in [0.4, 0.5) is 11.8 Å². The first-order chi connectivity index (χ1) is 7.74. The van der Waals surface area contributed by atoms with Gasteiger partial charge in [-0.1, -0.05) is 0 Å². The van der Waals surface area contributed by atoms with Crippen molar-refractivity contribution in [1.29, 1.82) is 0 Å². The van der Waals surface area contributed by atoms with Crippen LogP contribution in [0.3, 0.4) is 0 Å². The molecule has 0 aliphatic carbocycles. The van der Waals surface area contributed by atoms with Crippen LogP contribution < -0.4 is 10.2 Å². The number of aliphatic hydroxyl groups is 1. The smallest absolute Gasteiger partial charge is 0.226 e. The van der Waals surface area contributed by atoms with Gasteiger partial charge in [0.1, 0.15) is 5.82 Å². The van der Waals surface area contributed by atoms with Crippen LogP contribution in [0.15, 0.2) is 12.3 Å². The summed E-state index contributed by atoms with van der Waals surface area (Å²) < 4.78 is 5.12. The number of anilines is 2. The van der Waals surface area contributed by atoms with Crippen LogP contribution in [-0.4, -0.2) is 55.5 Å². The van der Waals surface area contributed by atoms with E-state index in [4.69, 9.17) is 9.84 Å². The Hall–Kier alpha value is -1.40. The number of aliphatic hydroxyl groups excluding tert-OH is 1. The zero-order valence-corrected chi connectivity index (χ0v) is 9.68. The SMILES string of the molecule is CN(C)c1nccc(NCCOCCO)n1. The molecule has 2 N–H and O–H groups in total. The zero-order valence-electron chi connectivity index (χ0n) is 9.68. The normalized spacial score (nSPS) is 10.2. The summed E-state index contributed by atoms with van der Waals surface area (Å²) in [4.78, 5) is 10.2. The van der Waals surface area contributed by atoms with Crippen LogP contribution in [0.2, 0.25) is 0 Å². The average Bonchev–Trinajstić information content (AvgIpc) is 2.29. The molecule has 1 heterocycles. The summed E-state index contributed by atoms with van der Waals surface area (Å²) in [5.74, 6) is 1.44. The van der Waals surface area contributed by atoms with E-state index in [1.165, 1.54) is 0 Å². The molecule has 6 heteroatoms. The molecule has 16 heavy (non-hydrogen) atoms. The van der Waals surface area contributed by atoms with Gasteiger partial charge >= 0.3 is 0 Å². The minimum Gasteiger partial charge on any atom is -0.394 e. The Balaban J connectivity index is 2.33. The second-order valence-electron chi connectivity index (χ2n) is 3.40. The van der Waals surface area contributed by atoms with Crippen LogP contribution in [0.5, 0.6) is 0 Å². The van der Waals surface area contributed by atoms with Crippen molar-refractivity contribution in [1.82, 2.24) is 9.97 Å².